The van der Waals surface area contributed by atoms with Gasteiger partial charge in [0.05, 0.1) is 10.3 Å². The molecule has 0 aromatic heterocycles. The van der Waals surface area contributed by atoms with Crippen LogP contribution in [0.3, 0.4) is 0 Å². The van der Waals surface area contributed by atoms with Gasteiger partial charge in [-0.25, -0.2) is 0 Å². The minimum Gasteiger partial charge on any atom is -1.00 e. The molecular weight excluding hydrogens is 359 g/mol. The maximum absolute atomic E-state index is 12.0. The van der Waals surface area contributed by atoms with Gasteiger partial charge in [-0.3, -0.25) is 0 Å². The predicted molar refractivity (Wildman–Crippen MR) is 90.3 cm³/mol. The monoisotopic (exact) mass is 374 g/mol. The first kappa shape index (κ1) is 20.8. The third-order valence-corrected chi connectivity index (χ3v) is 5.61. The van der Waals surface area contributed by atoms with E-state index in [-0.39, 0.29) is 35.9 Å². The molecule has 0 unspecified atom stereocenters. The van der Waals surface area contributed by atoms with Crippen LogP contribution < -0.4 is 29.6 Å². The van der Waals surface area contributed by atoms with Crippen molar-refractivity contribution in [2.24, 2.45) is 0 Å². The molecule has 0 atom stereocenters. The van der Waals surface area contributed by atoms with Crippen molar-refractivity contribution in [3.05, 3.63) is 77.7 Å². The summed E-state index contributed by atoms with van der Waals surface area (Å²) in [6.45, 7) is 3.55. The van der Waals surface area contributed by atoms with Crippen molar-refractivity contribution in [3.63, 3.8) is 0 Å². The summed E-state index contributed by atoms with van der Waals surface area (Å²) in [7, 11) is -8.81. The van der Waals surface area contributed by atoms with E-state index in [4.69, 9.17) is 0 Å². The minimum absolute atomic E-state index is 0. The van der Waals surface area contributed by atoms with Crippen LogP contribution in [0.5, 0.6) is 0 Å². The first-order valence-corrected chi connectivity index (χ1v) is 9.37. The molecule has 24 heavy (non-hydrogen) atoms. The van der Waals surface area contributed by atoms with E-state index in [0.717, 1.165) is 0 Å². The zero-order valence-electron chi connectivity index (χ0n) is 14.0. The molecule has 0 amide bonds. The fourth-order valence-electron chi connectivity index (χ4n) is 1.68. The van der Waals surface area contributed by atoms with Crippen molar-refractivity contribution >= 4 is 32.4 Å². The van der Waals surface area contributed by atoms with Gasteiger partial charge in [0.1, 0.15) is 0 Å². The van der Waals surface area contributed by atoms with Crippen LogP contribution in [-0.4, -0.2) is 16.8 Å². The van der Waals surface area contributed by atoms with Crippen molar-refractivity contribution in [2.45, 2.75) is 4.90 Å². The van der Waals surface area contributed by atoms with Gasteiger partial charge in [-0.1, -0.05) is 55.1 Å². The first-order valence-electron chi connectivity index (χ1n) is 6.49. The van der Waals surface area contributed by atoms with Crippen LogP contribution >= 0.6 is 0 Å². The molecule has 0 saturated heterocycles. The van der Waals surface area contributed by atoms with Crippen LogP contribution in [-0.2, 0) is 23.9 Å². The average molecular weight is 374 g/mol. The number of benzene rings is 2. The maximum Gasteiger partial charge on any atom is 1.00 e. The Balaban J connectivity index is 0.00000288. The van der Waals surface area contributed by atoms with E-state index in [2.05, 4.69) is 10.2 Å². The summed E-state index contributed by atoms with van der Waals surface area (Å²) in [5, 5.41) is 0.706. The normalized spacial score (nSPS) is 11.8. The molecule has 0 heterocycles. The standard InChI is InChI=1S/C16H14O5S2.Na.H/c1-2-14-8-10-16(11-9-14)23(19,20)21-22(17,18)13-12-15-6-4-3-5-7-15;;/h2-13H,1H2;;/q;+1;-1. The molecule has 0 aliphatic rings. The Morgan fingerprint density at radius 1 is 0.875 bits per heavy atom. The fourth-order valence-corrected chi connectivity index (χ4v) is 3.97. The summed E-state index contributed by atoms with van der Waals surface area (Å²) in [5.41, 5.74) is 1.31. The Bertz CT molecular complexity index is 922. The zero-order valence-corrected chi connectivity index (χ0v) is 16.6. The number of hydrogen-bond donors (Lipinski definition) is 0. The van der Waals surface area contributed by atoms with Gasteiger partial charge in [-0.2, -0.15) is 16.8 Å². The van der Waals surface area contributed by atoms with E-state index < -0.39 is 20.2 Å². The van der Waals surface area contributed by atoms with Gasteiger partial charge in [0.25, 0.3) is 0 Å². The summed E-state index contributed by atoms with van der Waals surface area (Å²) < 4.78 is 52.0. The molecule has 0 aliphatic carbocycles. The Labute approximate surface area is 165 Å². The van der Waals surface area contributed by atoms with Crippen LogP contribution in [0, 0.1) is 0 Å². The molecule has 8 heteroatoms. The topological polar surface area (TPSA) is 77.5 Å². The van der Waals surface area contributed by atoms with Crippen LogP contribution in [0.15, 0.2) is 71.5 Å². The predicted octanol–water partition coefficient (Wildman–Crippen LogP) is 0.152. The molecule has 122 valence electrons. The van der Waals surface area contributed by atoms with Crippen LogP contribution in [0.4, 0.5) is 0 Å². The molecule has 0 aliphatic heterocycles. The van der Waals surface area contributed by atoms with Crippen molar-refractivity contribution in [1.29, 1.82) is 0 Å². The van der Waals surface area contributed by atoms with Gasteiger partial charge in [0, 0.05) is 0 Å². The maximum atomic E-state index is 12.0. The van der Waals surface area contributed by atoms with E-state index in [9.17, 15) is 16.8 Å². The third kappa shape index (κ3) is 6.01. The van der Waals surface area contributed by atoms with Gasteiger partial charge < -0.3 is 1.43 Å². The largest absolute Gasteiger partial charge is 1.00 e. The molecule has 0 bridgehead atoms. The molecule has 0 radical (unpaired) electrons. The summed E-state index contributed by atoms with van der Waals surface area (Å²) in [5.74, 6) is 0. The zero-order chi connectivity index (χ0) is 16.9. The van der Waals surface area contributed by atoms with Crippen LogP contribution in [0.2, 0.25) is 0 Å². The second kappa shape index (κ2) is 8.75. The quantitative estimate of drug-likeness (QED) is 0.673. The van der Waals surface area contributed by atoms with E-state index >= 15 is 0 Å². The molecule has 5 nitrogen and oxygen atoms in total. The molecule has 0 spiro atoms. The van der Waals surface area contributed by atoms with Gasteiger partial charge in [-0.15, -0.1) is 3.63 Å². The summed E-state index contributed by atoms with van der Waals surface area (Å²) in [4.78, 5) is -0.250. The number of hydrogen-bond acceptors (Lipinski definition) is 5. The molecule has 2 aromatic rings. The van der Waals surface area contributed by atoms with E-state index in [1.807, 2.05) is 0 Å². The Morgan fingerprint density at radius 3 is 2.00 bits per heavy atom. The SMILES string of the molecule is C=Cc1ccc(S(=O)(=O)OS(=O)(=O)C=Cc2ccccc2)cc1.[H-].[Na+]. The van der Waals surface area contributed by atoms with Gasteiger partial charge in [-0.05, 0) is 29.3 Å². The van der Waals surface area contributed by atoms with Crippen LogP contribution in [0.1, 0.15) is 12.6 Å². The smallest absolute Gasteiger partial charge is 1.00 e. The molecule has 0 N–H and O–H groups in total. The molecular formula is C16H15NaO5S2. The molecule has 2 aromatic carbocycles. The van der Waals surface area contributed by atoms with Gasteiger partial charge in [0.15, 0.2) is 0 Å². The first-order chi connectivity index (χ1) is 10.8. The minimum atomic E-state index is -4.42. The van der Waals surface area contributed by atoms with Crippen molar-refractivity contribution in [2.75, 3.05) is 0 Å². The molecule has 0 fully saturated rings. The van der Waals surface area contributed by atoms with Gasteiger partial charge in [0.2, 0.25) is 0 Å². The number of rotatable bonds is 6. The van der Waals surface area contributed by atoms with Crippen molar-refractivity contribution < 1.29 is 51.4 Å². The molecule has 0 saturated carbocycles. The summed E-state index contributed by atoms with van der Waals surface area (Å²) in [6, 6.07) is 14.1. The average Bonchev–Trinajstić information content (AvgIpc) is 2.53. The van der Waals surface area contributed by atoms with E-state index in [0.29, 0.717) is 16.5 Å². The van der Waals surface area contributed by atoms with Gasteiger partial charge >= 0.3 is 49.8 Å². The van der Waals surface area contributed by atoms with Crippen molar-refractivity contribution in [3.8, 4) is 0 Å². The Morgan fingerprint density at radius 2 is 1.46 bits per heavy atom. The second-order valence-electron chi connectivity index (χ2n) is 4.50. The fraction of sp³-hybridized carbons (Fsp3) is 0. The van der Waals surface area contributed by atoms with E-state index in [1.165, 1.54) is 36.4 Å². The second-order valence-corrected chi connectivity index (χ2v) is 7.68. The molecule has 2 rings (SSSR count). The third-order valence-electron chi connectivity index (χ3n) is 2.82. The summed E-state index contributed by atoms with van der Waals surface area (Å²) >= 11 is 0. The van der Waals surface area contributed by atoms with Crippen LogP contribution in [0.25, 0.3) is 12.2 Å². The Hall–Kier alpha value is -1.22. The van der Waals surface area contributed by atoms with Crippen molar-refractivity contribution in [1.82, 2.24) is 0 Å². The van der Waals surface area contributed by atoms with E-state index in [1.54, 1.807) is 30.3 Å². The summed E-state index contributed by atoms with van der Waals surface area (Å²) in [6.07, 6.45) is 2.79. The Kier molecular flexibility index (Phi) is 7.59.